The lowest BCUT2D eigenvalue weighted by Crippen LogP contribution is -2.24. The van der Waals surface area contributed by atoms with Crippen LogP contribution in [0.15, 0.2) is 66.9 Å². The number of pyridine rings is 1. The smallest absolute Gasteiger partial charge is 0.270 e. The van der Waals surface area contributed by atoms with Crippen LogP contribution in [0.3, 0.4) is 0 Å². The van der Waals surface area contributed by atoms with Crippen molar-refractivity contribution in [3.8, 4) is 11.1 Å². The van der Waals surface area contributed by atoms with Crippen molar-refractivity contribution in [3.63, 3.8) is 0 Å². The van der Waals surface area contributed by atoms with E-state index in [0.717, 1.165) is 16.7 Å². The molecule has 0 aliphatic heterocycles. The predicted molar refractivity (Wildman–Crippen MR) is 95.1 cm³/mol. The minimum atomic E-state index is -0.330. The van der Waals surface area contributed by atoms with Gasteiger partial charge in [0.1, 0.15) is 11.5 Å². The first-order chi connectivity index (χ1) is 12.2. The second kappa shape index (κ2) is 7.68. The lowest BCUT2D eigenvalue weighted by molar-refractivity contribution is 0.0946. The van der Waals surface area contributed by atoms with Crippen molar-refractivity contribution in [3.05, 3.63) is 89.5 Å². The molecule has 126 valence electrons. The van der Waals surface area contributed by atoms with Crippen molar-refractivity contribution in [2.45, 2.75) is 13.1 Å². The van der Waals surface area contributed by atoms with Gasteiger partial charge in [-0.25, -0.2) is 4.39 Å². The summed E-state index contributed by atoms with van der Waals surface area (Å²) in [4.78, 5) is 16.8. The van der Waals surface area contributed by atoms with E-state index in [1.165, 1.54) is 12.1 Å². The zero-order valence-electron chi connectivity index (χ0n) is 13.6. The molecule has 0 bridgehead atoms. The molecular formula is C20H18FN3O. The van der Waals surface area contributed by atoms with Crippen LogP contribution in [0.25, 0.3) is 11.1 Å². The number of carbonyl (C=O) groups is 1. The molecule has 0 aliphatic carbocycles. The first-order valence-corrected chi connectivity index (χ1v) is 7.94. The molecule has 5 heteroatoms. The van der Waals surface area contributed by atoms with E-state index in [1.807, 2.05) is 30.3 Å². The predicted octanol–water partition coefficient (Wildman–Crippen LogP) is 3.28. The number of amides is 1. The van der Waals surface area contributed by atoms with E-state index in [4.69, 9.17) is 5.73 Å². The van der Waals surface area contributed by atoms with Gasteiger partial charge in [-0.3, -0.25) is 9.78 Å². The molecule has 1 amide bonds. The summed E-state index contributed by atoms with van der Waals surface area (Å²) < 4.78 is 13.2. The first kappa shape index (κ1) is 16.8. The number of hydrogen-bond donors (Lipinski definition) is 2. The number of nitrogens with one attached hydrogen (secondary N) is 1. The zero-order valence-corrected chi connectivity index (χ0v) is 13.6. The Labute approximate surface area is 145 Å². The molecule has 0 saturated carbocycles. The van der Waals surface area contributed by atoms with Crippen LogP contribution in [0.2, 0.25) is 0 Å². The molecule has 0 radical (unpaired) electrons. The van der Waals surface area contributed by atoms with Crippen molar-refractivity contribution >= 4 is 5.91 Å². The Bertz CT molecular complexity index is 895. The lowest BCUT2D eigenvalue weighted by Gasteiger charge is -2.10. The highest BCUT2D eigenvalue weighted by Crippen LogP contribution is 2.23. The first-order valence-electron chi connectivity index (χ1n) is 7.94. The summed E-state index contributed by atoms with van der Waals surface area (Å²) in [5, 5.41) is 2.79. The van der Waals surface area contributed by atoms with Crippen molar-refractivity contribution in [2.24, 2.45) is 5.73 Å². The zero-order chi connectivity index (χ0) is 17.6. The summed E-state index contributed by atoms with van der Waals surface area (Å²) in [6.07, 6.45) is 1.58. The van der Waals surface area contributed by atoms with Crippen molar-refractivity contribution in [1.82, 2.24) is 10.3 Å². The van der Waals surface area contributed by atoms with Gasteiger partial charge in [0.25, 0.3) is 5.91 Å². The van der Waals surface area contributed by atoms with E-state index in [2.05, 4.69) is 10.3 Å². The van der Waals surface area contributed by atoms with Crippen LogP contribution in [0.5, 0.6) is 0 Å². The van der Waals surface area contributed by atoms with Crippen LogP contribution < -0.4 is 11.1 Å². The normalized spacial score (nSPS) is 10.5. The van der Waals surface area contributed by atoms with Gasteiger partial charge in [0.05, 0.1) is 0 Å². The minimum absolute atomic E-state index is 0.232. The summed E-state index contributed by atoms with van der Waals surface area (Å²) in [7, 11) is 0. The van der Waals surface area contributed by atoms with Crippen LogP contribution in [-0.4, -0.2) is 10.9 Å². The highest BCUT2D eigenvalue weighted by molar-refractivity contribution is 5.98. The van der Waals surface area contributed by atoms with Crippen LogP contribution >= 0.6 is 0 Å². The standard InChI is InChI=1S/C20H18FN3O/c21-17-7-2-5-15(11-17)13-24-20(25)19-18(8-3-9-23-19)16-6-1-4-14(10-16)12-22/h1-11H,12-13,22H2,(H,24,25). The fourth-order valence-electron chi connectivity index (χ4n) is 2.60. The third kappa shape index (κ3) is 4.08. The maximum atomic E-state index is 13.2. The molecule has 3 rings (SSSR count). The number of nitrogens with zero attached hydrogens (tertiary/aromatic N) is 1. The summed E-state index contributed by atoms with van der Waals surface area (Å²) >= 11 is 0. The molecule has 0 atom stereocenters. The lowest BCUT2D eigenvalue weighted by atomic mass is 10.0. The summed E-state index contributed by atoms with van der Waals surface area (Å²) in [5.41, 5.74) is 9.30. The molecule has 25 heavy (non-hydrogen) atoms. The van der Waals surface area contributed by atoms with E-state index in [9.17, 15) is 9.18 Å². The monoisotopic (exact) mass is 335 g/mol. The molecule has 3 N–H and O–H groups in total. The van der Waals surface area contributed by atoms with Crippen LogP contribution in [0.4, 0.5) is 4.39 Å². The number of benzene rings is 2. The van der Waals surface area contributed by atoms with E-state index in [-0.39, 0.29) is 18.3 Å². The topological polar surface area (TPSA) is 68.0 Å². The van der Waals surface area contributed by atoms with E-state index in [0.29, 0.717) is 17.8 Å². The van der Waals surface area contributed by atoms with Gasteiger partial charge in [0.15, 0.2) is 0 Å². The third-order valence-corrected chi connectivity index (χ3v) is 3.84. The fourth-order valence-corrected chi connectivity index (χ4v) is 2.60. The maximum absolute atomic E-state index is 13.2. The molecule has 0 aliphatic rings. The van der Waals surface area contributed by atoms with Gasteiger partial charge in [-0.15, -0.1) is 0 Å². The highest BCUT2D eigenvalue weighted by Gasteiger charge is 2.14. The Hall–Kier alpha value is -3.05. The van der Waals surface area contributed by atoms with Crippen molar-refractivity contribution in [1.29, 1.82) is 0 Å². The molecule has 0 unspecified atom stereocenters. The largest absolute Gasteiger partial charge is 0.347 e. The SMILES string of the molecule is NCc1cccc(-c2cccnc2C(=O)NCc2cccc(F)c2)c1. The number of halogens is 1. The van der Waals surface area contributed by atoms with E-state index >= 15 is 0 Å². The third-order valence-electron chi connectivity index (χ3n) is 3.84. The van der Waals surface area contributed by atoms with E-state index < -0.39 is 0 Å². The second-order valence-electron chi connectivity index (χ2n) is 5.62. The number of hydrogen-bond acceptors (Lipinski definition) is 3. The Morgan fingerprint density at radius 1 is 1.04 bits per heavy atom. The fraction of sp³-hybridized carbons (Fsp3) is 0.100. The maximum Gasteiger partial charge on any atom is 0.270 e. The number of nitrogens with two attached hydrogens (primary N) is 1. The molecule has 0 spiro atoms. The number of rotatable bonds is 5. The van der Waals surface area contributed by atoms with E-state index in [1.54, 1.807) is 24.4 Å². The quantitative estimate of drug-likeness (QED) is 0.752. The molecular weight excluding hydrogens is 317 g/mol. The Kier molecular flexibility index (Phi) is 5.16. The molecule has 4 nitrogen and oxygen atoms in total. The molecule has 0 fully saturated rings. The van der Waals surface area contributed by atoms with Gasteiger partial charge < -0.3 is 11.1 Å². The van der Waals surface area contributed by atoms with Gasteiger partial charge in [-0.2, -0.15) is 0 Å². The van der Waals surface area contributed by atoms with Crippen LogP contribution in [-0.2, 0) is 13.1 Å². The van der Waals surface area contributed by atoms with Gasteiger partial charge in [-0.1, -0.05) is 36.4 Å². The average molecular weight is 335 g/mol. The van der Waals surface area contributed by atoms with Crippen LogP contribution in [0.1, 0.15) is 21.6 Å². The average Bonchev–Trinajstić information content (AvgIpc) is 2.66. The van der Waals surface area contributed by atoms with Crippen molar-refractivity contribution in [2.75, 3.05) is 0 Å². The Morgan fingerprint density at radius 2 is 1.84 bits per heavy atom. The van der Waals surface area contributed by atoms with Crippen molar-refractivity contribution < 1.29 is 9.18 Å². The van der Waals surface area contributed by atoms with Gasteiger partial charge in [-0.05, 0) is 41.0 Å². The van der Waals surface area contributed by atoms with Gasteiger partial charge in [0, 0.05) is 24.8 Å². The molecule has 1 aromatic heterocycles. The Morgan fingerprint density at radius 3 is 2.64 bits per heavy atom. The second-order valence-corrected chi connectivity index (χ2v) is 5.62. The summed E-state index contributed by atoms with van der Waals surface area (Å²) in [5.74, 6) is -0.637. The molecule has 2 aromatic carbocycles. The van der Waals surface area contributed by atoms with Crippen LogP contribution in [0, 0.1) is 5.82 Å². The Balaban J connectivity index is 1.83. The molecule has 0 saturated heterocycles. The summed E-state index contributed by atoms with van der Waals surface area (Å²) in [6, 6.07) is 17.5. The van der Waals surface area contributed by atoms with Gasteiger partial charge in [0.2, 0.25) is 0 Å². The summed E-state index contributed by atoms with van der Waals surface area (Å²) in [6.45, 7) is 0.657. The minimum Gasteiger partial charge on any atom is -0.347 e. The molecule has 3 aromatic rings. The number of aromatic nitrogens is 1. The van der Waals surface area contributed by atoms with Gasteiger partial charge >= 0.3 is 0 Å². The number of carbonyl (C=O) groups excluding carboxylic acids is 1. The molecule has 1 heterocycles. The highest BCUT2D eigenvalue weighted by atomic mass is 19.1.